The van der Waals surface area contributed by atoms with E-state index < -0.39 is 0 Å². The lowest BCUT2D eigenvalue weighted by Crippen LogP contribution is -2.27. The third-order valence-corrected chi connectivity index (χ3v) is 4.30. The minimum Gasteiger partial charge on any atom is -0.310 e. The predicted octanol–water partition coefficient (Wildman–Crippen LogP) is 3.05. The van der Waals surface area contributed by atoms with Gasteiger partial charge in [-0.25, -0.2) is 0 Å². The molecule has 3 heteroatoms. The Kier molecular flexibility index (Phi) is 4.60. The largest absolute Gasteiger partial charge is 0.310 e. The van der Waals surface area contributed by atoms with Crippen LogP contribution in [0.1, 0.15) is 24.9 Å². The van der Waals surface area contributed by atoms with Gasteiger partial charge in [0.15, 0.2) is 0 Å². The van der Waals surface area contributed by atoms with Crippen molar-refractivity contribution < 1.29 is 0 Å². The average molecular weight is 297 g/mol. The third kappa shape index (κ3) is 3.54. The van der Waals surface area contributed by atoms with Crippen molar-refractivity contribution in [2.24, 2.45) is 5.92 Å². The molecule has 0 amide bonds. The molecule has 2 rings (SSSR count). The molecule has 1 aliphatic rings. The van der Waals surface area contributed by atoms with E-state index in [0.717, 1.165) is 12.5 Å². The van der Waals surface area contributed by atoms with E-state index in [1.807, 2.05) is 0 Å². The molecule has 0 aromatic heterocycles. The second-order valence-electron chi connectivity index (χ2n) is 5.07. The summed E-state index contributed by atoms with van der Waals surface area (Å²) in [5.74, 6) is 0.810. The van der Waals surface area contributed by atoms with Crippen LogP contribution >= 0.6 is 15.9 Å². The molecule has 1 aromatic rings. The molecule has 0 bridgehead atoms. The van der Waals surface area contributed by atoms with Crippen LogP contribution in [-0.2, 0) is 0 Å². The van der Waals surface area contributed by atoms with Gasteiger partial charge in [0, 0.05) is 17.1 Å². The summed E-state index contributed by atoms with van der Waals surface area (Å²) in [5, 5.41) is 3.65. The Labute approximate surface area is 113 Å². The zero-order valence-electron chi connectivity index (χ0n) is 10.6. The molecule has 0 radical (unpaired) electrons. The molecule has 1 aromatic carbocycles. The first kappa shape index (κ1) is 13.1. The van der Waals surface area contributed by atoms with E-state index in [2.05, 4.69) is 64.4 Å². The average Bonchev–Trinajstić information content (AvgIpc) is 2.73. The van der Waals surface area contributed by atoms with Crippen LogP contribution in [0.3, 0.4) is 0 Å². The molecule has 0 saturated carbocycles. The Balaban J connectivity index is 1.85. The van der Waals surface area contributed by atoms with Gasteiger partial charge in [0.1, 0.15) is 0 Å². The van der Waals surface area contributed by atoms with Crippen LogP contribution in [0.25, 0.3) is 0 Å². The minimum atomic E-state index is 0.413. The summed E-state index contributed by atoms with van der Waals surface area (Å²) in [6.07, 6.45) is 1.33. The van der Waals surface area contributed by atoms with Gasteiger partial charge in [-0.3, -0.25) is 0 Å². The summed E-state index contributed by atoms with van der Waals surface area (Å²) in [5.41, 5.74) is 1.35. The lowest BCUT2D eigenvalue weighted by molar-refractivity contribution is 0.382. The highest BCUT2D eigenvalue weighted by Gasteiger charge is 2.20. The number of hydrogen-bond acceptors (Lipinski definition) is 2. The van der Waals surface area contributed by atoms with Crippen molar-refractivity contribution in [3.05, 3.63) is 34.3 Å². The number of halogens is 1. The van der Waals surface area contributed by atoms with Crippen LogP contribution in [0.15, 0.2) is 28.7 Å². The highest BCUT2D eigenvalue weighted by molar-refractivity contribution is 9.10. The Morgan fingerprint density at radius 2 is 2.24 bits per heavy atom. The maximum absolute atomic E-state index is 3.65. The second kappa shape index (κ2) is 5.98. The standard InChI is InChI=1S/C14H21BrN2/c1-11(13-5-3-4-6-14(13)15)16-9-12-7-8-17(2)10-12/h3-6,11-12,16H,7-10H2,1-2H3. The Morgan fingerprint density at radius 3 is 2.88 bits per heavy atom. The van der Waals surface area contributed by atoms with Crippen LogP contribution in [-0.4, -0.2) is 31.6 Å². The fourth-order valence-electron chi connectivity index (χ4n) is 2.47. The van der Waals surface area contributed by atoms with E-state index in [1.165, 1.54) is 29.5 Å². The summed E-state index contributed by atoms with van der Waals surface area (Å²) in [6.45, 7) is 5.83. The van der Waals surface area contributed by atoms with Gasteiger partial charge in [-0.15, -0.1) is 0 Å². The van der Waals surface area contributed by atoms with Gasteiger partial charge < -0.3 is 10.2 Å². The molecule has 1 aliphatic heterocycles. The molecule has 94 valence electrons. The zero-order chi connectivity index (χ0) is 12.3. The zero-order valence-corrected chi connectivity index (χ0v) is 12.2. The molecule has 17 heavy (non-hydrogen) atoms. The van der Waals surface area contributed by atoms with Crippen molar-refractivity contribution in [2.75, 3.05) is 26.7 Å². The molecule has 0 spiro atoms. The van der Waals surface area contributed by atoms with Crippen molar-refractivity contribution in [3.63, 3.8) is 0 Å². The number of nitrogens with one attached hydrogen (secondary N) is 1. The van der Waals surface area contributed by atoms with E-state index >= 15 is 0 Å². The number of benzene rings is 1. The van der Waals surface area contributed by atoms with Crippen LogP contribution in [0.2, 0.25) is 0 Å². The van der Waals surface area contributed by atoms with Gasteiger partial charge in [-0.05, 0) is 51.0 Å². The first-order valence-corrected chi connectivity index (χ1v) is 7.12. The molecular formula is C14H21BrN2. The first-order chi connectivity index (χ1) is 8.16. The normalized spacial score (nSPS) is 22.9. The summed E-state index contributed by atoms with van der Waals surface area (Å²) < 4.78 is 1.20. The van der Waals surface area contributed by atoms with Crippen LogP contribution < -0.4 is 5.32 Å². The molecule has 1 fully saturated rings. The van der Waals surface area contributed by atoms with Crippen molar-refractivity contribution >= 4 is 15.9 Å². The van der Waals surface area contributed by atoms with Gasteiger partial charge in [-0.2, -0.15) is 0 Å². The first-order valence-electron chi connectivity index (χ1n) is 6.33. The van der Waals surface area contributed by atoms with Crippen LogP contribution in [0.5, 0.6) is 0 Å². The summed E-state index contributed by atoms with van der Waals surface area (Å²) in [4.78, 5) is 2.41. The molecular weight excluding hydrogens is 276 g/mol. The fraction of sp³-hybridized carbons (Fsp3) is 0.571. The topological polar surface area (TPSA) is 15.3 Å². The van der Waals surface area contributed by atoms with Crippen molar-refractivity contribution in [1.82, 2.24) is 10.2 Å². The van der Waals surface area contributed by atoms with E-state index in [0.29, 0.717) is 6.04 Å². The Morgan fingerprint density at radius 1 is 1.47 bits per heavy atom. The lowest BCUT2D eigenvalue weighted by Gasteiger charge is -2.18. The summed E-state index contributed by atoms with van der Waals surface area (Å²) in [6, 6.07) is 8.87. The maximum Gasteiger partial charge on any atom is 0.0303 e. The lowest BCUT2D eigenvalue weighted by atomic mass is 10.1. The van der Waals surface area contributed by atoms with Gasteiger partial charge in [0.05, 0.1) is 0 Å². The van der Waals surface area contributed by atoms with Crippen LogP contribution in [0.4, 0.5) is 0 Å². The van der Waals surface area contributed by atoms with Crippen molar-refractivity contribution in [1.29, 1.82) is 0 Å². The van der Waals surface area contributed by atoms with Crippen molar-refractivity contribution in [3.8, 4) is 0 Å². The van der Waals surface area contributed by atoms with E-state index in [4.69, 9.17) is 0 Å². The minimum absolute atomic E-state index is 0.413. The Bertz CT molecular complexity index is 367. The molecule has 2 nitrogen and oxygen atoms in total. The van der Waals surface area contributed by atoms with E-state index in [1.54, 1.807) is 0 Å². The predicted molar refractivity (Wildman–Crippen MR) is 76.2 cm³/mol. The fourth-order valence-corrected chi connectivity index (χ4v) is 3.10. The quantitative estimate of drug-likeness (QED) is 0.919. The van der Waals surface area contributed by atoms with Gasteiger partial charge >= 0.3 is 0 Å². The number of likely N-dealkylation sites (tertiary alicyclic amines) is 1. The molecule has 2 unspecified atom stereocenters. The molecule has 2 atom stereocenters. The third-order valence-electron chi connectivity index (χ3n) is 3.57. The molecule has 1 heterocycles. The van der Waals surface area contributed by atoms with E-state index in [-0.39, 0.29) is 0 Å². The summed E-state index contributed by atoms with van der Waals surface area (Å²) in [7, 11) is 2.21. The van der Waals surface area contributed by atoms with Crippen molar-refractivity contribution in [2.45, 2.75) is 19.4 Å². The smallest absolute Gasteiger partial charge is 0.0303 e. The highest BCUT2D eigenvalue weighted by atomic mass is 79.9. The molecule has 1 saturated heterocycles. The molecule has 0 aliphatic carbocycles. The number of nitrogens with zero attached hydrogens (tertiary/aromatic N) is 1. The number of hydrogen-bond donors (Lipinski definition) is 1. The second-order valence-corrected chi connectivity index (χ2v) is 5.92. The van der Waals surface area contributed by atoms with E-state index in [9.17, 15) is 0 Å². The maximum atomic E-state index is 3.65. The van der Waals surface area contributed by atoms with Gasteiger partial charge in [0.2, 0.25) is 0 Å². The van der Waals surface area contributed by atoms with Crippen LogP contribution in [0, 0.1) is 5.92 Å². The highest BCUT2D eigenvalue weighted by Crippen LogP contribution is 2.23. The van der Waals surface area contributed by atoms with Gasteiger partial charge in [-0.1, -0.05) is 34.1 Å². The Hall–Kier alpha value is -0.380. The number of rotatable bonds is 4. The monoisotopic (exact) mass is 296 g/mol. The van der Waals surface area contributed by atoms with Gasteiger partial charge in [0.25, 0.3) is 0 Å². The SMILES string of the molecule is CC(NCC1CCN(C)C1)c1ccccc1Br. The molecule has 1 N–H and O–H groups in total. The summed E-state index contributed by atoms with van der Waals surface area (Å²) >= 11 is 3.61.